The average molecular weight is 270 g/mol. The summed E-state index contributed by atoms with van der Waals surface area (Å²) >= 11 is 0. The van der Waals surface area contributed by atoms with Gasteiger partial charge in [0.1, 0.15) is 0 Å². The van der Waals surface area contributed by atoms with E-state index in [1.54, 1.807) is 0 Å². The molecule has 3 heteroatoms. The molecular weight excluding hydrogens is 236 g/mol. The van der Waals surface area contributed by atoms with Crippen molar-refractivity contribution in [2.45, 2.75) is 46.5 Å². The molecule has 1 aliphatic rings. The molecular formula is C16H34N2O. The Balaban J connectivity index is 2.58. The Morgan fingerprint density at radius 3 is 2.26 bits per heavy atom. The van der Waals surface area contributed by atoms with E-state index >= 15 is 0 Å². The molecule has 19 heavy (non-hydrogen) atoms. The Labute approximate surface area is 120 Å². The van der Waals surface area contributed by atoms with Gasteiger partial charge in [-0.3, -0.25) is 0 Å². The molecule has 1 fully saturated rings. The van der Waals surface area contributed by atoms with E-state index in [9.17, 15) is 0 Å². The molecule has 1 saturated heterocycles. The van der Waals surface area contributed by atoms with E-state index in [0.717, 1.165) is 25.7 Å². The van der Waals surface area contributed by atoms with Crippen LogP contribution < -0.4 is 5.32 Å². The van der Waals surface area contributed by atoms with Crippen molar-refractivity contribution < 1.29 is 4.74 Å². The summed E-state index contributed by atoms with van der Waals surface area (Å²) in [6.07, 6.45) is 5.00. The predicted molar refractivity (Wildman–Crippen MR) is 82.6 cm³/mol. The van der Waals surface area contributed by atoms with E-state index in [1.165, 1.54) is 45.3 Å². The van der Waals surface area contributed by atoms with Gasteiger partial charge in [-0.1, -0.05) is 33.6 Å². The smallest absolute Gasteiger partial charge is 0.0472 e. The van der Waals surface area contributed by atoms with E-state index in [4.69, 9.17) is 4.74 Å². The standard InChI is InChI=1S/C16H34N2O/c1-5-15(6-2)12-18(7-3)14-16(13-17-4)8-10-19-11-9-16/h15,17H,5-14H2,1-4H3. The zero-order valence-corrected chi connectivity index (χ0v) is 13.5. The zero-order chi connectivity index (χ0) is 14.1. The van der Waals surface area contributed by atoms with Crippen molar-refractivity contribution in [1.29, 1.82) is 0 Å². The summed E-state index contributed by atoms with van der Waals surface area (Å²) in [7, 11) is 2.08. The summed E-state index contributed by atoms with van der Waals surface area (Å²) in [5, 5.41) is 3.41. The highest BCUT2D eigenvalue weighted by Crippen LogP contribution is 2.31. The maximum Gasteiger partial charge on any atom is 0.0472 e. The first-order chi connectivity index (χ1) is 9.19. The highest BCUT2D eigenvalue weighted by molar-refractivity contribution is 4.87. The molecule has 0 aliphatic carbocycles. The fourth-order valence-electron chi connectivity index (χ4n) is 3.26. The largest absolute Gasteiger partial charge is 0.381 e. The van der Waals surface area contributed by atoms with Gasteiger partial charge in [0.15, 0.2) is 0 Å². The van der Waals surface area contributed by atoms with Crippen LogP contribution in [0.15, 0.2) is 0 Å². The summed E-state index contributed by atoms with van der Waals surface area (Å²) in [5.41, 5.74) is 0.426. The molecule has 114 valence electrons. The van der Waals surface area contributed by atoms with E-state index < -0.39 is 0 Å². The van der Waals surface area contributed by atoms with Gasteiger partial charge in [0.05, 0.1) is 0 Å². The van der Waals surface area contributed by atoms with Crippen LogP contribution in [0.1, 0.15) is 46.5 Å². The number of nitrogens with one attached hydrogen (secondary N) is 1. The van der Waals surface area contributed by atoms with Crippen LogP contribution in [0.5, 0.6) is 0 Å². The van der Waals surface area contributed by atoms with Gasteiger partial charge in [-0.25, -0.2) is 0 Å². The second-order valence-corrected chi connectivity index (χ2v) is 6.15. The first kappa shape index (κ1) is 16.9. The van der Waals surface area contributed by atoms with Gasteiger partial charge >= 0.3 is 0 Å². The van der Waals surface area contributed by atoms with E-state index in [0.29, 0.717) is 5.41 Å². The number of hydrogen-bond acceptors (Lipinski definition) is 3. The Morgan fingerprint density at radius 2 is 1.79 bits per heavy atom. The molecule has 0 aromatic rings. The molecule has 0 radical (unpaired) electrons. The van der Waals surface area contributed by atoms with Crippen LogP contribution in [-0.2, 0) is 4.74 Å². The van der Waals surface area contributed by atoms with E-state index in [1.807, 2.05) is 0 Å². The van der Waals surface area contributed by atoms with Gasteiger partial charge in [0.2, 0.25) is 0 Å². The molecule has 0 unspecified atom stereocenters. The van der Waals surface area contributed by atoms with Crippen molar-refractivity contribution in [3.8, 4) is 0 Å². The van der Waals surface area contributed by atoms with Crippen LogP contribution in [0, 0.1) is 11.3 Å². The third kappa shape index (κ3) is 5.41. The quantitative estimate of drug-likeness (QED) is 0.697. The minimum absolute atomic E-state index is 0.426. The maximum atomic E-state index is 5.56. The normalized spacial score (nSPS) is 19.3. The maximum absolute atomic E-state index is 5.56. The van der Waals surface area contributed by atoms with Crippen molar-refractivity contribution in [3.63, 3.8) is 0 Å². The lowest BCUT2D eigenvalue weighted by molar-refractivity contribution is -0.00516. The summed E-state index contributed by atoms with van der Waals surface area (Å²) in [5.74, 6) is 0.853. The molecule has 1 rings (SSSR count). The van der Waals surface area contributed by atoms with Crippen LogP contribution in [0.2, 0.25) is 0 Å². The van der Waals surface area contributed by atoms with Gasteiger partial charge in [-0.2, -0.15) is 0 Å². The molecule has 3 nitrogen and oxygen atoms in total. The first-order valence-corrected chi connectivity index (χ1v) is 8.14. The number of ether oxygens (including phenoxy) is 1. The minimum atomic E-state index is 0.426. The second kappa shape index (κ2) is 8.93. The molecule has 0 spiro atoms. The third-order valence-corrected chi connectivity index (χ3v) is 4.78. The average Bonchev–Trinajstić information content (AvgIpc) is 2.44. The highest BCUT2D eigenvalue weighted by Gasteiger charge is 2.33. The van der Waals surface area contributed by atoms with Crippen molar-refractivity contribution >= 4 is 0 Å². The van der Waals surface area contributed by atoms with Crippen LogP contribution in [0.3, 0.4) is 0 Å². The number of rotatable bonds is 9. The van der Waals surface area contributed by atoms with Crippen LogP contribution in [0.25, 0.3) is 0 Å². The SMILES string of the molecule is CCC(CC)CN(CC)CC1(CNC)CCOCC1. The van der Waals surface area contributed by atoms with Crippen molar-refractivity contribution in [1.82, 2.24) is 10.2 Å². The lowest BCUT2D eigenvalue weighted by atomic mass is 9.79. The Hall–Kier alpha value is -0.120. The molecule has 0 atom stereocenters. The topological polar surface area (TPSA) is 24.5 Å². The van der Waals surface area contributed by atoms with Crippen molar-refractivity contribution in [2.75, 3.05) is 46.4 Å². The number of nitrogens with zero attached hydrogens (tertiary/aromatic N) is 1. The van der Waals surface area contributed by atoms with Crippen molar-refractivity contribution in [2.24, 2.45) is 11.3 Å². The fourth-order valence-corrected chi connectivity index (χ4v) is 3.26. The predicted octanol–water partition coefficient (Wildman–Crippen LogP) is 2.76. The van der Waals surface area contributed by atoms with Crippen LogP contribution >= 0.6 is 0 Å². The Kier molecular flexibility index (Phi) is 7.96. The summed E-state index contributed by atoms with van der Waals surface area (Å²) in [4.78, 5) is 2.67. The molecule has 0 aromatic heterocycles. The summed E-state index contributed by atoms with van der Waals surface area (Å²) < 4.78 is 5.56. The zero-order valence-electron chi connectivity index (χ0n) is 13.5. The summed E-state index contributed by atoms with van der Waals surface area (Å²) in [6, 6.07) is 0. The monoisotopic (exact) mass is 270 g/mol. The molecule has 0 aromatic carbocycles. The number of hydrogen-bond donors (Lipinski definition) is 1. The van der Waals surface area contributed by atoms with Gasteiger partial charge in [0.25, 0.3) is 0 Å². The summed E-state index contributed by atoms with van der Waals surface area (Å²) in [6.45, 7) is 13.6. The van der Waals surface area contributed by atoms with Gasteiger partial charge in [-0.15, -0.1) is 0 Å². The molecule has 0 saturated carbocycles. The van der Waals surface area contributed by atoms with Crippen LogP contribution in [-0.4, -0.2) is 51.3 Å². The Morgan fingerprint density at radius 1 is 1.16 bits per heavy atom. The second-order valence-electron chi connectivity index (χ2n) is 6.15. The van der Waals surface area contributed by atoms with E-state index in [2.05, 4.69) is 38.0 Å². The Bertz CT molecular complexity index is 217. The molecule has 0 bridgehead atoms. The van der Waals surface area contributed by atoms with E-state index in [-0.39, 0.29) is 0 Å². The van der Waals surface area contributed by atoms with Crippen molar-refractivity contribution in [3.05, 3.63) is 0 Å². The lowest BCUT2D eigenvalue weighted by Crippen LogP contribution is -2.47. The van der Waals surface area contributed by atoms with Gasteiger partial charge in [0, 0.05) is 32.8 Å². The van der Waals surface area contributed by atoms with Crippen LogP contribution in [0.4, 0.5) is 0 Å². The first-order valence-electron chi connectivity index (χ1n) is 8.14. The highest BCUT2D eigenvalue weighted by atomic mass is 16.5. The fraction of sp³-hybridized carbons (Fsp3) is 1.00. The lowest BCUT2D eigenvalue weighted by Gasteiger charge is -2.41. The van der Waals surface area contributed by atoms with Gasteiger partial charge in [-0.05, 0) is 37.8 Å². The van der Waals surface area contributed by atoms with Gasteiger partial charge < -0.3 is 15.0 Å². The molecule has 1 heterocycles. The minimum Gasteiger partial charge on any atom is -0.381 e. The molecule has 1 N–H and O–H groups in total. The molecule has 1 aliphatic heterocycles. The molecule has 0 amide bonds. The third-order valence-electron chi connectivity index (χ3n) is 4.78.